The number of rotatable bonds is 3. The van der Waals surface area contributed by atoms with Gasteiger partial charge in [-0.3, -0.25) is 20.2 Å². The van der Waals surface area contributed by atoms with Gasteiger partial charge in [0, 0.05) is 24.6 Å². The van der Waals surface area contributed by atoms with Gasteiger partial charge < -0.3 is 0 Å². The van der Waals surface area contributed by atoms with E-state index in [4.69, 9.17) is 0 Å². The van der Waals surface area contributed by atoms with E-state index < -0.39 is 9.85 Å². The van der Waals surface area contributed by atoms with Gasteiger partial charge in [-0.05, 0) is 31.0 Å². The van der Waals surface area contributed by atoms with Crippen LogP contribution in [0.4, 0.5) is 5.69 Å². The van der Waals surface area contributed by atoms with Crippen LogP contribution in [0.25, 0.3) is 6.08 Å². The third-order valence-electron chi connectivity index (χ3n) is 2.65. The monoisotopic (exact) mass is 236 g/mol. The summed E-state index contributed by atoms with van der Waals surface area (Å²) >= 11 is 0. The fraction of sp³-hybridized carbons (Fsp3) is 0.273. The van der Waals surface area contributed by atoms with Crippen LogP contribution in [-0.2, 0) is 0 Å². The molecule has 0 bridgehead atoms. The van der Waals surface area contributed by atoms with Gasteiger partial charge in [-0.2, -0.15) is 0 Å². The van der Waals surface area contributed by atoms with Crippen molar-refractivity contribution in [1.29, 1.82) is 0 Å². The van der Waals surface area contributed by atoms with Crippen molar-refractivity contribution in [3.05, 3.63) is 54.7 Å². The second-order valence-corrected chi connectivity index (χ2v) is 3.72. The van der Waals surface area contributed by atoms with Gasteiger partial charge in [-0.1, -0.05) is 0 Å². The number of allylic oxidation sites excluding steroid dienone is 1. The molecule has 6 nitrogen and oxygen atoms in total. The number of hydrogen-bond donors (Lipinski definition) is 0. The van der Waals surface area contributed by atoms with Crippen LogP contribution in [0.3, 0.4) is 0 Å². The average Bonchev–Trinajstić information content (AvgIpc) is 2.24. The third-order valence-corrected chi connectivity index (χ3v) is 2.65. The highest BCUT2D eigenvalue weighted by molar-refractivity contribution is 5.61. The minimum Gasteiger partial charge on any atom is -0.259 e. The van der Waals surface area contributed by atoms with Crippen molar-refractivity contribution in [2.75, 3.05) is 0 Å². The Morgan fingerprint density at radius 2 is 1.76 bits per heavy atom. The van der Waals surface area contributed by atoms with Crippen molar-refractivity contribution in [2.45, 2.75) is 20.8 Å². The number of nitro benzene ring substituents is 1. The van der Waals surface area contributed by atoms with Crippen LogP contribution in [0.2, 0.25) is 0 Å². The molecular formula is C11H12N2O4. The molecule has 0 N–H and O–H groups in total. The maximum absolute atomic E-state index is 10.7. The van der Waals surface area contributed by atoms with Crippen LogP contribution >= 0.6 is 0 Å². The van der Waals surface area contributed by atoms with Crippen molar-refractivity contribution in [3.8, 4) is 0 Å². The molecule has 1 aromatic carbocycles. The fourth-order valence-electron chi connectivity index (χ4n) is 1.46. The molecule has 0 radical (unpaired) electrons. The minimum atomic E-state index is -0.490. The Kier molecular flexibility index (Phi) is 3.57. The maximum Gasteiger partial charge on any atom is 0.272 e. The van der Waals surface area contributed by atoms with E-state index >= 15 is 0 Å². The van der Waals surface area contributed by atoms with Crippen molar-refractivity contribution in [3.63, 3.8) is 0 Å². The summed E-state index contributed by atoms with van der Waals surface area (Å²) in [5, 5.41) is 21.2. The Morgan fingerprint density at radius 1 is 1.18 bits per heavy atom. The van der Waals surface area contributed by atoms with E-state index in [-0.39, 0.29) is 11.4 Å². The van der Waals surface area contributed by atoms with Gasteiger partial charge in [-0.25, -0.2) is 0 Å². The van der Waals surface area contributed by atoms with E-state index in [2.05, 4.69) is 0 Å². The molecule has 0 aliphatic carbocycles. The first-order valence-corrected chi connectivity index (χ1v) is 4.92. The average molecular weight is 236 g/mol. The van der Waals surface area contributed by atoms with Crippen LogP contribution < -0.4 is 0 Å². The van der Waals surface area contributed by atoms with Crippen LogP contribution in [0.15, 0.2) is 17.8 Å². The van der Waals surface area contributed by atoms with Gasteiger partial charge in [0.15, 0.2) is 0 Å². The lowest BCUT2D eigenvalue weighted by atomic mass is 10.0. The summed E-state index contributed by atoms with van der Waals surface area (Å²) in [5.74, 6) is 0. The molecule has 0 spiro atoms. The predicted octanol–water partition coefficient (Wildman–Crippen LogP) is 2.85. The highest BCUT2D eigenvalue weighted by atomic mass is 16.6. The molecule has 0 fully saturated rings. The van der Waals surface area contributed by atoms with E-state index in [0.29, 0.717) is 16.7 Å². The van der Waals surface area contributed by atoms with Gasteiger partial charge in [0.05, 0.1) is 9.85 Å². The van der Waals surface area contributed by atoms with Crippen molar-refractivity contribution in [2.24, 2.45) is 0 Å². The lowest BCUT2D eigenvalue weighted by Gasteiger charge is -2.05. The topological polar surface area (TPSA) is 86.3 Å². The van der Waals surface area contributed by atoms with Crippen LogP contribution in [0, 0.1) is 34.1 Å². The first-order valence-electron chi connectivity index (χ1n) is 4.92. The van der Waals surface area contributed by atoms with E-state index in [1.807, 2.05) is 0 Å². The zero-order valence-corrected chi connectivity index (χ0v) is 9.76. The zero-order chi connectivity index (χ0) is 13.2. The highest BCUT2D eigenvalue weighted by Gasteiger charge is 2.14. The Morgan fingerprint density at radius 3 is 2.24 bits per heavy atom. The predicted molar refractivity (Wildman–Crippen MR) is 63.2 cm³/mol. The van der Waals surface area contributed by atoms with E-state index in [0.717, 1.165) is 0 Å². The molecule has 1 aromatic rings. The molecule has 17 heavy (non-hydrogen) atoms. The Bertz CT molecular complexity index is 520. The standard InChI is InChI=1S/C11H12N2O4/c1-7(12(14)15)6-10-4-5-11(13(16)17)9(3)8(10)2/h4-6H,1-3H3/b7-6+. The first kappa shape index (κ1) is 12.8. The normalized spacial score (nSPS) is 11.4. The third kappa shape index (κ3) is 2.66. The SMILES string of the molecule is C/C(=C\c1ccc([N+](=O)[O-])c(C)c1C)[N+](=O)[O-]. The Hall–Kier alpha value is -2.24. The van der Waals surface area contributed by atoms with Crippen molar-refractivity contribution >= 4 is 11.8 Å². The molecule has 0 atom stereocenters. The van der Waals surface area contributed by atoms with E-state index in [1.54, 1.807) is 13.8 Å². The largest absolute Gasteiger partial charge is 0.272 e. The summed E-state index contributed by atoms with van der Waals surface area (Å²) in [5.41, 5.74) is 1.86. The lowest BCUT2D eigenvalue weighted by molar-refractivity contribution is -0.422. The minimum absolute atomic E-state index is 0.00125. The second-order valence-electron chi connectivity index (χ2n) is 3.72. The molecular weight excluding hydrogens is 224 g/mol. The molecule has 0 heterocycles. The molecule has 1 rings (SSSR count). The van der Waals surface area contributed by atoms with Gasteiger partial charge in [0.25, 0.3) is 5.69 Å². The maximum atomic E-state index is 10.7. The Labute approximate surface area is 97.9 Å². The van der Waals surface area contributed by atoms with Gasteiger partial charge in [0.2, 0.25) is 5.70 Å². The molecule has 0 saturated heterocycles. The van der Waals surface area contributed by atoms with Gasteiger partial charge >= 0.3 is 0 Å². The summed E-state index contributed by atoms with van der Waals surface area (Å²) in [7, 11) is 0. The summed E-state index contributed by atoms with van der Waals surface area (Å²) in [6.07, 6.45) is 1.41. The molecule has 6 heteroatoms. The van der Waals surface area contributed by atoms with Crippen LogP contribution in [0.1, 0.15) is 23.6 Å². The second kappa shape index (κ2) is 4.73. The highest BCUT2D eigenvalue weighted by Crippen LogP contribution is 2.25. The first-order chi connectivity index (χ1) is 7.84. The van der Waals surface area contributed by atoms with E-state index in [9.17, 15) is 20.2 Å². The summed E-state index contributed by atoms with van der Waals surface area (Å²) in [4.78, 5) is 20.2. The summed E-state index contributed by atoms with van der Waals surface area (Å²) in [6.45, 7) is 4.73. The molecule has 0 unspecified atom stereocenters. The summed E-state index contributed by atoms with van der Waals surface area (Å²) < 4.78 is 0. The zero-order valence-electron chi connectivity index (χ0n) is 9.76. The van der Waals surface area contributed by atoms with Crippen molar-refractivity contribution in [1.82, 2.24) is 0 Å². The number of nitro groups is 2. The molecule has 0 aliphatic rings. The molecule has 0 saturated carbocycles. The Balaban J connectivity index is 3.31. The number of benzene rings is 1. The van der Waals surface area contributed by atoms with Crippen LogP contribution in [0.5, 0.6) is 0 Å². The summed E-state index contributed by atoms with van der Waals surface area (Å²) in [6, 6.07) is 2.88. The van der Waals surface area contributed by atoms with Crippen LogP contribution in [-0.4, -0.2) is 9.85 Å². The van der Waals surface area contributed by atoms with Gasteiger partial charge in [0.1, 0.15) is 0 Å². The van der Waals surface area contributed by atoms with E-state index in [1.165, 1.54) is 25.1 Å². The van der Waals surface area contributed by atoms with Gasteiger partial charge in [-0.15, -0.1) is 0 Å². The lowest BCUT2D eigenvalue weighted by Crippen LogP contribution is -1.97. The molecule has 90 valence electrons. The smallest absolute Gasteiger partial charge is 0.259 e. The molecule has 0 amide bonds. The fourth-order valence-corrected chi connectivity index (χ4v) is 1.46. The van der Waals surface area contributed by atoms with Crippen molar-refractivity contribution < 1.29 is 9.85 Å². The quantitative estimate of drug-likeness (QED) is 0.596. The number of nitrogens with zero attached hydrogens (tertiary/aromatic N) is 2. The number of hydrogen-bond acceptors (Lipinski definition) is 4. The molecule has 0 aromatic heterocycles. The molecule has 0 aliphatic heterocycles.